The van der Waals surface area contributed by atoms with Crippen molar-refractivity contribution in [1.82, 2.24) is 0 Å². The van der Waals surface area contributed by atoms with Gasteiger partial charge < -0.3 is 23.7 Å². The van der Waals surface area contributed by atoms with Crippen molar-refractivity contribution in [2.75, 3.05) is 26.9 Å². The summed E-state index contributed by atoms with van der Waals surface area (Å²) >= 11 is 0. The lowest BCUT2D eigenvalue weighted by atomic mass is 9.56. The summed E-state index contributed by atoms with van der Waals surface area (Å²) in [5.41, 5.74) is -0.345. The number of hydrogen-bond acceptors (Lipinski definition) is 8. The highest BCUT2D eigenvalue weighted by atomic mass is 16.6. The van der Waals surface area contributed by atoms with E-state index in [1.807, 2.05) is 18.2 Å². The van der Waals surface area contributed by atoms with Crippen LogP contribution < -0.4 is 0 Å². The largest absolute Gasteiger partial charge is 0.494 e. The first-order chi connectivity index (χ1) is 19.4. The van der Waals surface area contributed by atoms with Gasteiger partial charge in [-0.2, -0.15) is 0 Å². The lowest BCUT2D eigenvalue weighted by Gasteiger charge is -2.55. The number of methoxy groups -OCH3 is 1. The molecule has 3 aliphatic carbocycles. The number of allylic oxidation sites excluding steroid dienone is 3. The maximum atomic E-state index is 13.2. The van der Waals surface area contributed by atoms with Crippen molar-refractivity contribution in [1.29, 1.82) is 0 Å². The Morgan fingerprint density at radius 3 is 2.42 bits per heavy atom. The van der Waals surface area contributed by atoms with E-state index in [1.165, 1.54) is 7.11 Å². The van der Waals surface area contributed by atoms with E-state index in [1.54, 1.807) is 25.2 Å². The van der Waals surface area contributed by atoms with Gasteiger partial charge in [-0.1, -0.05) is 44.9 Å². The van der Waals surface area contributed by atoms with Crippen molar-refractivity contribution in [2.45, 2.75) is 90.3 Å². The lowest BCUT2D eigenvalue weighted by Crippen LogP contribution is -2.62. The molecule has 2 fully saturated rings. The van der Waals surface area contributed by atoms with Crippen LogP contribution in [0.25, 0.3) is 0 Å². The summed E-state index contributed by atoms with van der Waals surface area (Å²) < 4.78 is 28.4. The van der Waals surface area contributed by atoms with Crippen molar-refractivity contribution in [2.24, 2.45) is 17.8 Å². The molecule has 0 aromatic rings. The SMILES string of the molecule is CC=C(C=CCOCCCC)C(=O)OC1CCC2(OC(=O)C3C=CC(OCCCC)=CC3)CCC2C1C(=O)OC. The second-order valence-corrected chi connectivity index (χ2v) is 10.7. The van der Waals surface area contributed by atoms with Crippen molar-refractivity contribution in [3.63, 3.8) is 0 Å². The van der Waals surface area contributed by atoms with Gasteiger partial charge in [-0.25, -0.2) is 4.79 Å². The van der Waals surface area contributed by atoms with Crippen LogP contribution in [0.4, 0.5) is 0 Å². The maximum absolute atomic E-state index is 13.2. The Morgan fingerprint density at radius 2 is 1.80 bits per heavy atom. The molecular weight excluding hydrogens is 512 g/mol. The van der Waals surface area contributed by atoms with Gasteiger partial charge in [0, 0.05) is 12.5 Å². The fraction of sp³-hybridized carbons (Fsp3) is 0.656. The average molecular weight is 559 g/mol. The summed E-state index contributed by atoms with van der Waals surface area (Å²) in [4.78, 5) is 39.1. The molecule has 0 bridgehead atoms. The van der Waals surface area contributed by atoms with Gasteiger partial charge in [0.2, 0.25) is 0 Å². The fourth-order valence-corrected chi connectivity index (χ4v) is 5.59. The quantitative estimate of drug-likeness (QED) is 0.0822. The number of carbonyl (C=O) groups is 3. The standard InChI is InChI=1S/C32H46O8/c1-5-8-20-37-21-10-11-23(7-3)29(33)39-27-17-19-32(18-16-26(32)28(27)31(35)36-4)40-30(34)24-12-14-25(15-13-24)38-22-9-6-2/h7,10-12,14-15,24,26-28H,5-6,8-9,13,16-22H2,1-4H3. The van der Waals surface area contributed by atoms with Crippen LogP contribution in [0.3, 0.4) is 0 Å². The van der Waals surface area contributed by atoms with Crippen LogP contribution in [0, 0.1) is 17.8 Å². The highest BCUT2D eigenvalue weighted by Crippen LogP contribution is 2.55. The minimum absolute atomic E-state index is 0.261. The number of rotatable bonds is 15. The van der Waals surface area contributed by atoms with Crippen LogP contribution in [-0.4, -0.2) is 56.5 Å². The first kappa shape index (κ1) is 31.7. The summed E-state index contributed by atoms with van der Waals surface area (Å²) in [5.74, 6) is -1.80. The third kappa shape index (κ3) is 8.09. The zero-order valence-corrected chi connectivity index (χ0v) is 24.5. The van der Waals surface area contributed by atoms with Gasteiger partial charge >= 0.3 is 17.9 Å². The van der Waals surface area contributed by atoms with E-state index in [2.05, 4.69) is 13.8 Å². The topological polar surface area (TPSA) is 97.4 Å². The summed E-state index contributed by atoms with van der Waals surface area (Å²) in [5, 5.41) is 0. The molecule has 0 radical (unpaired) electrons. The van der Waals surface area contributed by atoms with Gasteiger partial charge in [-0.15, -0.1) is 0 Å². The van der Waals surface area contributed by atoms with Crippen molar-refractivity contribution in [3.8, 4) is 0 Å². The molecule has 0 aromatic carbocycles. The molecule has 0 saturated heterocycles. The second kappa shape index (κ2) is 15.8. The normalized spacial score (nSPS) is 27.8. The van der Waals surface area contributed by atoms with Crippen molar-refractivity contribution < 1.29 is 38.1 Å². The molecule has 0 amide bonds. The van der Waals surface area contributed by atoms with E-state index in [-0.39, 0.29) is 11.9 Å². The first-order valence-corrected chi connectivity index (χ1v) is 14.8. The van der Waals surface area contributed by atoms with E-state index >= 15 is 0 Å². The minimum atomic E-state index is -0.743. The molecule has 222 valence electrons. The van der Waals surface area contributed by atoms with Crippen LogP contribution in [-0.2, 0) is 38.1 Å². The summed E-state index contributed by atoms with van der Waals surface area (Å²) in [6.07, 6.45) is 17.0. The van der Waals surface area contributed by atoms with Crippen LogP contribution >= 0.6 is 0 Å². The van der Waals surface area contributed by atoms with Gasteiger partial charge in [-0.05, 0) is 70.1 Å². The van der Waals surface area contributed by atoms with Crippen LogP contribution in [0.1, 0.15) is 78.6 Å². The van der Waals surface area contributed by atoms with Crippen LogP contribution in [0.2, 0.25) is 0 Å². The Labute approximate surface area is 238 Å². The molecule has 40 heavy (non-hydrogen) atoms. The Hall–Kier alpha value is -2.87. The number of esters is 3. The Balaban J connectivity index is 1.60. The fourth-order valence-electron chi connectivity index (χ4n) is 5.59. The van der Waals surface area contributed by atoms with Crippen molar-refractivity contribution >= 4 is 17.9 Å². The number of fused-ring (bicyclic) bond motifs is 1. The Morgan fingerprint density at radius 1 is 1.05 bits per heavy atom. The number of ether oxygens (including phenoxy) is 5. The van der Waals surface area contributed by atoms with E-state index in [0.717, 1.165) is 31.4 Å². The molecule has 5 atom stereocenters. The highest BCUT2D eigenvalue weighted by molar-refractivity contribution is 5.91. The monoisotopic (exact) mass is 558 g/mol. The average Bonchev–Trinajstić information content (AvgIpc) is 2.95. The predicted molar refractivity (Wildman–Crippen MR) is 151 cm³/mol. The van der Waals surface area contributed by atoms with Gasteiger partial charge in [0.05, 0.1) is 31.8 Å². The number of hydrogen-bond donors (Lipinski definition) is 0. The predicted octanol–water partition coefficient (Wildman–Crippen LogP) is 5.77. The molecule has 0 aromatic heterocycles. The van der Waals surface area contributed by atoms with Gasteiger partial charge in [-0.3, -0.25) is 9.59 Å². The number of carbonyl (C=O) groups excluding carboxylic acids is 3. The van der Waals surface area contributed by atoms with Gasteiger partial charge in [0.1, 0.15) is 23.4 Å². The van der Waals surface area contributed by atoms with Crippen LogP contribution in [0.5, 0.6) is 0 Å². The maximum Gasteiger partial charge on any atom is 0.338 e. The molecule has 3 rings (SSSR count). The summed E-state index contributed by atoms with van der Waals surface area (Å²) in [7, 11) is 1.33. The summed E-state index contributed by atoms with van der Waals surface area (Å²) in [6, 6.07) is 0. The lowest BCUT2D eigenvalue weighted by molar-refractivity contribution is -0.222. The third-order valence-corrected chi connectivity index (χ3v) is 8.11. The Kier molecular flexibility index (Phi) is 12.5. The minimum Gasteiger partial charge on any atom is -0.494 e. The molecule has 8 heteroatoms. The Bertz CT molecular complexity index is 993. The number of unbranched alkanes of at least 4 members (excludes halogenated alkanes) is 2. The molecule has 8 nitrogen and oxygen atoms in total. The molecule has 3 aliphatic rings. The zero-order chi connectivity index (χ0) is 29.0. The van der Waals surface area contributed by atoms with E-state index in [9.17, 15) is 14.4 Å². The van der Waals surface area contributed by atoms with Crippen molar-refractivity contribution in [3.05, 3.63) is 47.8 Å². The summed E-state index contributed by atoms with van der Waals surface area (Å²) in [6.45, 7) is 7.72. The van der Waals surface area contributed by atoms with E-state index in [0.29, 0.717) is 57.5 Å². The molecule has 2 saturated carbocycles. The van der Waals surface area contributed by atoms with E-state index in [4.69, 9.17) is 23.7 Å². The smallest absolute Gasteiger partial charge is 0.338 e. The first-order valence-electron chi connectivity index (χ1n) is 14.8. The molecule has 5 unspecified atom stereocenters. The molecule has 0 heterocycles. The molecule has 0 aliphatic heterocycles. The van der Waals surface area contributed by atoms with Gasteiger partial charge in [0.15, 0.2) is 0 Å². The zero-order valence-electron chi connectivity index (χ0n) is 24.5. The third-order valence-electron chi connectivity index (χ3n) is 8.11. The molecule has 0 N–H and O–H groups in total. The molecule has 0 spiro atoms. The highest BCUT2D eigenvalue weighted by Gasteiger charge is 2.61. The van der Waals surface area contributed by atoms with E-state index < -0.39 is 35.5 Å². The van der Waals surface area contributed by atoms with Gasteiger partial charge in [0.25, 0.3) is 0 Å². The molecular formula is C32H46O8. The second-order valence-electron chi connectivity index (χ2n) is 10.7. The van der Waals surface area contributed by atoms with Crippen LogP contribution in [0.15, 0.2) is 47.8 Å².